The topological polar surface area (TPSA) is 9.23 Å². The van der Waals surface area contributed by atoms with Crippen LogP contribution in [-0.2, 0) is 43.3 Å². The Morgan fingerprint density at radius 3 is 0.874 bits per heavy atom. The van der Waals surface area contributed by atoms with Gasteiger partial charge in [0.05, 0.1) is 23.3 Å². The number of aryl methyl sites for hydroxylation is 6. The Labute approximate surface area is 729 Å². The molecule has 1 aliphatic rings. The summed E-state index contributed by atoms with van der Waals surface area (Å²) in [5, 5.41) is 20.3. The van der Waals surface area contributed by atoms with E-state index in [0.29, 0.717) is 0 Å². The van der Waals surface area contributed by atoms with Crippen LogP contribution in [0.4, 0.5) is 0 Å². The second-order valence-corrected chi connectivity index (χ2v) is 53.9. The summed E-state index contributed by atoms with van der Waals surface area (Å²) in [5.41, 5.74) is 23.8. The number of rotatable bonds is 12. The molecular weight excluding hydrogens is 1470 g/mol. The fourth-order valence-electron chi connectivity index (χ4n) is 19.8. The average molecular weight is 1630 g/mol. The Kier molecular flexibility index (Phi) is 31.0. The van der Waals surface area contributed by atoms with E-state index in [1.807, 2.05) is 0 Å². The van der Waals surface area contributed by atoms with Gasteiger partial charge in [-0.15, -0.1) is 0 Å². The van der Waals surface area contributed by atoms with Crippen molar-refractivity contribution >= 4 is 91.2 Å². The second kappa shape index (κ2) is 38.1. The first kappa shape index (κ1) is 96.9. The van der Waals surface area contributed by atoms with Crippen molar-refractivity contribution in [3.8, 4) is 5.75 Å². The highest BCUT2D eigenvalue weighted by atomic mass is 28.3. The average Bonchev–Trinajstić information content (AvgIpc) is 1.34. The van der Waals surface area contributed by atoms with Crippen molar-refractivity contribution in [3.63, 3.8) is 0 Å². The molecule has 1 saturated carbocycles. The number of ether oxygens (including phenoxy) is 1. The molecule has 12 aromatic carbocycles. The summed E-state index contributed by atoms with van der Waals surface area (Å²) in [6.45, 7) is 83.8. The van der Waals surface area contributed by atoms with Gasteiger partial charge in [0.2, 0.25) is 0 Å². The van der Waals surface area contributed by atoms with E-state index in [1.54, 1.807) is 23.0 Å². The smallest absolute Gasteiger partial charge is 0.126 e. The predicted octanol–water partition coefficient (Wildman–Crippen LogP) is 34.4. The van der Waals surface area contributed by atoms with Crippen molar-refractivity contribution < 1.29 is 4.74 Å². The van der Waals surface area contributed by atoms with E-state index in [-0.39, 0.29) is 43.3 Å². The first-order chi connectivity index (χ1) is 55.3. The molecule has 0 N–H and O–H groups in total. The summed E-state index contributed by atoms with van der Waals surface area (Å²) < 4.78 is 5.52. The molecule has 0 amide bonds. The standard InChI is InChI=1S/C21H32Si.C21H30.C20H26.C20H28.C18H26Si.C16H20O/c1-8-22(9-2,10-3)20-15-19(21(5,6)7)16(4)17-13-11-12-14-18(17)20;1-8-21(7,9-2)19-14-18(20(4,5)6)15(3)16-12-10-11-13-17(16)19;1-14-16-11-7-8-12-17(16)18(15-9-5-6-10-15)13-19(14)20(2,3)4;1-8-20(6,7)18-13-17(19(3,4)5)14(2)15-11-9-10-12-16(15)18;1-13-14-10-8-9-11-15(14)17(19(5,6)7)12-16(13)18(2,3)4;1-11-12-8-6-7-9-13(12)15(17-5)10-14(11)16(2,3)4/h11-15H,8-10H2,1-7H3;10-14H,8-9H2,1-7H3;7-8,11-13,15H,5-6,9-10H2,1-4H3;9-13H,8H2,1-7H3;8-12H,1-7H3;6-10H,1-5H3. The van der Waals surface area contributed by atoms with Crippen molar-refractivity contribution in [1.82, 2.24) is 0 Å². The molecule has 0 radical (unpaired) electrons. The van der Waals surface area contributed by atoms with Gasteiger partial charge < -0.3 is 4.74 Å². The Hall–Kier alpha value is -7.57. The molecule has 0 aliphatic heterocycles. The molecule has 1 fully saturated rings. The van der Waals surface area contributed by atoms with Gasteiger partial charge in [0.15, 0.2) is 0 Å². The molecule has 0 aromatic heterocycles. The summed E-state index contributed by atoms with van der Waals surface area (Å²) >= 11 is 0. The van der Waals surface area contributed by atoms with E-state index in [9.17, 15) is 0 Å². The molecule has 119 heavy (non-hydrogen) atoms. The van der Waals surface area contributed by atoms with Crippen LogP contribution >= 0.6 is 0 Å². The van der Waals surface area contributed by atoms with Crippen LogP contribution in [0.1, 0.15) is 321 Å². The minimum Gasteiger partial charge on any atom is -0.496 e. The highest BCUT2D eigenvalue weighted by Crippen LogP contribution is 2.46. The fourth-order valence-corrected chi connectivity index (χ4v) is 25.3. The van der Waals surface area contributed by atoms with Crippen LogP contribution < -0.4 is 15.1 Å². The van der Waals surface area contributed by atoms with Crippen LogP contribution in [0.25, 0.3) is 64.6 Å². The lowest BCUT2D eigenvalue weighted by Crippen LogP contribution is -2.46. The minimum atomic E-state index is -1.39. The third kappa shape index (κ3) is 21.6. The largest absolute Gasteiger partial charge is 0.496 e. The van der Waals surface area contributed by atoms with Gasteiger partial charge >= 0.3 is 0 Å². The van der Waals surface area contributed by atoms with E-state index < -0.39 is 16.1 Å². The molecule has 640 valence electrons. The highest BCUT2D eigenvalue weighted by Gasteiger charge is 2.35. The highest BCUT2D eigenvalue weighted by molar-refractivity contribution is 6.93. The maximum atomic E-state index is 5.52. The lowest BCUT2D eigenvalue weighted by molar-refractivity contribution is 0.417. The van der Waals surface area contributed by atoms with E-state index >= 15 is 0 Å². The molecule has 12 aromatic rings. The van der Waals surface area contributed by atoms with Crippen LogP contribution in [0.5, 0.6) is 5.75 Å². The molecule has 0 spiro atoms. The molecule has 1 nitrogen and oxygen atoms in total. The summed E-state index contributed by atoms with van der Waals surface area (Å²) in [5.74, 6) is 1.75. The van der Waals surface area contributed by atoms with E-state index in [2.05, 4.69) is 430 Å². The maximum Gasteiger partial charge on any atom is 0.126 e. The molecule has 0 heterocycles. The van der Waals surface area contributed by atoms with Gasteiger partial charge in [0.25, 0.3) is 0 Å². The van der Waals surface area contributed by atoms with Gasteiger partial charge in [-0.25, -0.2) is 0 Å². The monoisotopic (exact) mass is 1630 g/mol. The van der Waals surface area contributed by atoms with Crippen molar-refractivity contribution in [2.45, 2.75) is 360 Å². The van der Waals surface area contributed by atoms with Crippen molar-refractivity contribution in [3.05, 3.63) is 265 Å². The van der Waals surface area contributed by atoms with Crippen LogP contribution in [0.3, 0.4) is 0 Å². The normalized spacial score (nSPS) is 13.5. The molecule has 0 saturated heterocycles. The number of methoxy groups -OCH3 is 1. The van der Waals surface area contributed by atoms with Gasteiger partial charge in [-0.3, -0.25) is 0 Å². The molecule has 1 aliphatic carbocycles. The van der Waals surface area contributed by atoms with E-state index in [0.717, 1.165) is 18.1 Å². The van der Waals surface area contributed by atoms with Crippen LogP contribution in [0.15, 0.2) is 182 Å². The molecule has 13 rings (SSSR count). The van der Waals surface area contributed by atoms with E-state index in [4.69, 9.17) is 4.74 Å². The lowest BCUT2D eigenvalue weighted by atomic mass is 9.72. The predicted molar refractivity (Wildman–Crippen MR) is 543 cm³/mol. The zero-order valence-electron chi connectivity index (χ0n) is 82.4. The summed E-state index contributed by atoms with van der Waals surface area (Å²) in [4.78, 5) is 0. The van der Waals surface area contributed by atoms with Gasteiger partial charge in [0.1, 0.15) is 5.75 Å². The molecule has 0 unspecified atom stereocenters. The first-order valence-electron chi connectivity index (χ1n) is 46.0. The summed E-state index contributed by atoms with van der Waals surface area (Å²) in [6, 6.07) is 72.0. The zero-order valence-corrected chi connectivity index (χ0v) is 84.4. The Morgan fingerprint density at radius 2 is 0.546 bits per heavy atom. The number of fused-ring (bicyclic) bond motifs is 6. The van der Waals surface area contributed by atoms with Gasteiger partial charge in [-0.1, -0.05) is 424 Å². The zero-order chi connectivity index (χ0) is 88.9. The quantitative estimate of drug-likeness (QED) is 0.111. The first-order valence-corrected chi connectivity index (χ1v) is 52.1. The number of hydrogen-bond acceptors (Lipinski definition) is 1. The SMILES string of the molecule is CCC(C)(C)c1cc(C(C)(C)C)c(C)c2ccccc12.CCC(C)(CC)c1cc(C(C)(C)C)c(C)c2ccccc12.CC[Si](CC)(CC)c1cc(C(C)(C)C)c(C)c2ccccc12.COc1cc(C(C)(C)C)c(C)c2ccccc12.Cc1c(C(C)(C)C)cc(C2CCCC2)c2ccccc12.Cc1c(C(C)(C)C)cc([Si](C)(C)C)c2ccccc12. The lowest BCUT2D eigenvalue weighted by Gasteiger charge is -2.33. The minimum absolute atomic E-state index is 0.140. The van der Waals surface area contributed by atoms with Crippen LogP contribution in [0, 0.1) is 41.5 Å². The number of benzene rings is 12. The Morgan fingerprint density at radius 1 is 0.286 bits per heavy atom. The molecular formula is C116H162OSi2. The Balaban J connectivity index is 0.000000178. The maximum absolute atomic E-state index is 5.52. The third-order valence-corrected chi connectivity index (χ3v) is 35.6. The van der Waals surface area contributed by atoms with Crippen molar-refractivity contribution in [2.24, 2.45) is 0 Å². The van der Waals surface area contributed by atoms with Crippen LogP contribution in [0.2, 0.25) is 37.8 Å². The fraction of sp³-hybridized carbons (Fsp3) is 0.483. The van der Waals surface area contributed by atoms with E-state index in [1.165, 1.54) is 199 Å². The summed E-state index contributed by atoms with van der Waals surface area (Å²) in [7, 11) is -0.982. The van der Waals surface area contributed by atoms with Gasteiger partial charge in [-0.05, 0) is 272 Å². The van der Waals surface area contributed by atoms with Gasteiger partial charge in [0, 0.05) is 5.39 Å². The van der Waals surface area contributed by atoms with Gasteiger partial charge in [-0.2, -0.15) is 0 Å². The number of hydrogen-bond donors (Lipinski definition) is 0. The second-order valence-electron chi connectivity index (χ2n) is 43.6. The summed E-state index contributed by atoms with van der Waals surface area (Å²) in [6.07, 6.45) is 9.06. The molecule has 0 atom stereocenters. The molecule has 3 heteroatoms. The van der Waals surface area contributed by atoms with Crippen molar-refractivity contribution in [1.29, 1.82) is 0 Å². The van der Waals surface area contributed by atoms with Crippen molar-refractivity contribution in [2.75, 3.05) is 7.11 Å². The molecule has 0 bridgehead atoms. The van der Waals surface area contributed by atoms with Crippen LogP contribution in [-0.4, -0.2) is 23.3 Å². The Bertz CT molecular complexity index is 5460. The third-order valence-electron chi connectivity index (χ3n) is 28.0.